The van der Waals surface area contributed by atoms with E-state index < -0.39 is 18.1 Å². The first kappa shape index (κ1) is 17.3. The van der Waals surface area contributed by atoms with Crippen molar-refractivity contribution in [3.05, 3.63) is 60.2 Å². The van der Waals surface area contributed by atoms with Crippen LogP contribution in [0.5, 0.6) is 11.5 Å². The van der Waals surface area contributed by atoms with Crippen molar-refractivity contribution in [2.75, 3.05) is 6.54 Å². The zero-order valence-corrected chi connectivity index (χ0v) is 13.5. The maximum Gasteiger partial charge on any atom is 0.408 e. The van der Waals surface area contributed by atoms with E-state index in [2.05, 4.69) is 0 Å². The largest absolute Gasteiger partial charge is 0.457 e. The minimum absolute atomic E-state index is 0.0373. The smallest absolute Gasteiger partial charge is 0.408 e. The molecular weight excluding hydrogens is 331 g/mol. The Morgan fingerprint density at radius 2 is 1.60 bits per heavy atom. The number of benzene rings is 2. The van der Waals surface area contributed by atoms with Crippen LogP contribution >= 0.6 is 0 Å². The molecule has 2 aromatic rings. The van der Waals surface area contributed by atoms with Gasteiger partial charge in [-0.15, -0.1) is 0 Å². The molecule has 6 heteroatoms. The Labute approximate surface area is 144 Å². The van der Waals surface area contributed by atoms with Crippen molar-refractivity contribution < 1.29 is 22.7 Å². The highest BCUT2D eigenvalue weighted by molar-refractivity contribution is 5.94. The fraction of sp³-hybridized carbons (Fsp3) is 0.316. The highest BCUT2D eigenvalue weighted by atomic mass is 19.4. The number of piperidine rings is 1. The number of hydrogen-bond donors (Lipinski definition) is 0. The van der Waals surface area contributed by atoms with E-state index in [9.17, 15) is 18.0 Å². The molecule has 1 fully saturated rings. The van der Waals surface area contributed by atoms with E-state index in [4.69, 9.17) is 4.74 Å². The molecule has 0 N–H and O–H groups in total. The number of amides is 1. The first-order valence-electron chi connectivity index (χ1n) is 8.16. The number of hydrogen-bond acceptors (Lipinski definition) is 2. The predicted octanol–water partition coefficient (Wildman–Crippen LogP) is 5.04. The van der Waals surface area contributed by atoms with E-state index in [-0.39, 0.29) is 18.5 Å². The maximum absolute atomic E-state index is 13.2. The lowest BCUT2D eigenvalue weighted by Gasteiger charge is -2.36. The van der Waals surface area contributed by atoms with Crippen LogP contribution in [0.3, 0.4) is 0 Å². The molecule has 1 saturated heterocycles. The molecule has 0 saturated carbocycles. The fourth-order valence-corrected chi connectivity index (χ4v) is 2.97. The van der Waals surface area contributed by atoms with E-state index >= 15 is 0 Å². The Kier molecular flexibility index (Phi) is 4.97. The third-order valence-electron chi connectivity index (χ3n) is 4.22. The number of ether oxygens (including phenoxy) is 1. The number of likely N-dealkylation sites (tertiary alicyclic amines) is 1. The van der Waals surface area contributed by atoms with Gasteiger partial charge < -0.3 is 9.64 Å². The van der Waals surface area contributed by atoms with E-state index in [1.165, 1.54) is 12.1 Å². The lowest BCUT2D eigenvalue weighted by molar-refractivity contribution is -0.183. The van der Waals surface area contributed by atoms with Crippen LogP contribution in [-0.4, -0.2) is 29.6 Å². The molecule has 1 atom stereocenters. The summed E-state index contributed by atoms with van der Waals surface area (Å²) in [5.41, 5.74) is 0.233. The van der Waals surface area contributed by atoms with Crippen molar-refractivity contribution in [1.29, 1.82) is 0 Å². The average molecular weight is 349 g/mol. The van der Waals surface area contributed by atoms with Crippen LogP contribution < -0.4 is 4.74 Å². The van der Waals surface area contributed by atoms with Gasteiger partial charge in [-0.05, 0) is 55.7 Å². The van der Waals surface area contributed by atoms with Gasteiger partial charge in [-0.1, -0.05) is 18.2 Å². The van der Waals surface area contributed by atoms with E-state index in [0.29, 0.717) is 24.3 Å². The van der Waals surface area contributed by atoms with Crippen molar-refractivity contribution in [2.24, 2.45) is 0 Å². The summed E-state index contributed by atoms with van der Waals surface area (Å²) in [6.07, 6.45) is -3.36. The standard InChI is InChI=1S/C19H18F3NO2/c20-19(21,22)17-8-4-5-13-23(17)18(24)14-9-11-16(12-10-14)25-15-6-2-1-3-7-15/h1-3,6-7,9-12,17H,4-5,8,13H2. The van der Waals surface area contributed by atoms with Crippen LogP contribution in [0.1, 0.15) is 29.6 Å². The van der Waals surface area contributed by atoms with Gasteiger partial charge in [0.1, 0.15) is 17.5 Å². The molecule has 1 aliphatic heterocycles. The van der Waals surface area contributed by atoms with Crippen molar-refractivity contribution in [3.63, 3.8) is 0 Å². The topological polar surface area (TPSA) is 29.5 Å². The van der Waals surface area contributed by atoms with Crippen LogP contribution in [0.4, 0.5) is 13.2 Å². The normalized spacial score (nSPS) is 18.0. The second-order valence-corrected chi connectivity index (χ2v) is 5.99. The predicted molar refractivity (Wildman–Crippen MR) is 87.7 cm³/mol. The molecule has 0 radical (unpaired) electrons. The molecule has 25 heavy (non-hydrogen) atoms. The molecule has 1 aliphatic rings. The number of rotatable bonds is 3. The summed E-state index contributed by atoms with van der Waals surface area (Å²) >= 11 is 0. The summed E-state index contributed by atoms with van der Waals surface area (Å²) in [5.74, 6) is 0.580. The van der Waals surface area contributed by atoms with Gasteiger partial charge >= 0.3 is 6.18 Å². The number of halogens is 3. The lowest BCUT2D eigenvalue weighted by Crippen LogP contribution is -2.51. The molecule has 0 aliphatic carbocycles. The van der Waals surface area contributed by atoms with E-state index in [1.54, 1.807) is 24.3 Å². The van der Waals surface area contributed by atoms with Gasteiger partial charge in [0.15, 0.2) is 0 Å². The third kappa shape index (κ3) is 4.13. The molecule has 3 nitrogen and oxygen atoms in total. The third-order valence-corrected chi connectivity index (χ3v) is 4.22. The van der Waals surface area contributed by atoms with Crippen molar-refractivity contribution in [3.8, 4) is 11.5 Å². The first-order chi connectivity index (χ1) is 11.9. The molecule has 0 spiro atoms. The maximum atomic E-state index is 13.2. The zero-order chi connectivity index (χ0) is 17.9. The van der Waals surface area contributed by atoms with Gasteiger partial charge in [-0.3, -0.25) is 4.79 Å². The van der Waals surface area contributed by atoms with Crippen LogP contribution in [0.25, 0.3) is 0 Å². The van der Waals surface area contributed by atoms with Gasteiger partial charge in [-0.2, -0.15) is 13.2 Å². The molecule has 1 unspecified atom stereocenters. The molecule has 1 heterocycles. The zero-order valence-electron chi connectivity index (χ0n) is 13.5. The van der Waals surface area contributed by atoms with Gasteiger partial charge in [-0.25, -0.2) is 0 Å². The highest BCUT2D eigenvalue weighted by Gasteiger charge is 2.46. The average Bonchev–Trinajstić information content (AvgIpc) is 2.62. The van der Waals surface area contributed by atoms with Gasteiger partial charge in [0.2, 0.25) is 0 Å². The summed E-state index contributed by atoms with van der Waals surface area (Å²) < 4.78 is 45.1. The van der Waals surface area contributed by atoms with Crippen molar-refractivity contribution >= 4 is 5.91 Å². The molecule has 2 aromatic carbocycles. The number of carbonyl (C=O) groups is 1. The van der Waals surface area contributed by atoms with Crippen molar-refractivity contribution in [1.82, 2.24) is 4.90 Å². The summed E-state index contributed by atoms with van der Waals surface area (Å²) in [7, 11) is 0. The monoisotopic (exact) mass is 349 g/mol. The van der Waals surface area contributed by atoms with E-state index in [0.717, 1.165) is 4.90 Å². The fourth-order valence-electron chi connectivity index (χ4n) is 2.97. The number of nitrogens with zero attached hydrogens (tertiary/aromatic N) is 1. The Hall–Kier alpha value is -2.50. The van der Waals surface area contributed by atoms with Crippen molar-refractivity contribution in [2.45, 2.75) is 31.5 Å². The Balaban J connectivity index is 1.73. The molecule has 1 amide bonds. The molecular formula is C19H18F3NO2. The quantitative estimate of drug-likeness (QED) is 0.777. The summed E-state index contributed by atoms with van der Waals surface area (Å²) in [6.45, 7) is 0.130. The highest BCUT2D eigenvalue weighted by Crippen LogP contribution is 2.33. The van der Waals surface area contributed by atoms with Crippen LogP contribution in [0, 0.1) is 0 Å². The summed E-state index contributed by atoms with van der Waals surface area (Å²) in [4.78, 5) is 13.5. The first-order valence-corrected chi connectivity index (χ1v) is 8.16. The molecule has 132 valence electrons. The number of para-hydroxylation sites is 1. The molecule has 0 bridgehead atoms. The van der Waals surface area contributed by atoms with Gasteiger partial charge in [0.05, 0.1) is 0 Å². The van der Waals surface area contributed by atoms with Crippen LogP contribution in [0.15, 0.2) is 54.6 Å². The van der Waals surface area contributed by atoms with Crippen LogP contribution in [0.2, 0.25) is 0 Å². The van der Waals surface area contributed by atoms with E-state index in [1.807, 2.05) is 18.2 Å². The second kappa shape index (κ2) is 7.17. The Morgan fingerprint density at radius 3 is 2.24 bits per heavy atom. The minimum Gasteiger partial charge on any atom is -0.457 e. The number of alkyl halides is 3. The Morgan fingerprint density at radius 1 is 0.960 bits per heavy atom. The minimum atomic E-state index is -4.40. The summed E-state index contributed by atoms with van der Waals surface area (Å²) in [6, 6.07) is 13.6. The van der Waals surface area contributed by atoms with Gasteiger partial charge in [0.25, 0.3) is 5.91 Å². The molecule has 0 aromatic heterocycles. The second-order valence-electron chi connectivity index (χ2n) is 5.99. The Bertz CT molecular complexity index is 714. The SMILES string of the molecule is O=C(c1ccc(Oc2ccccc2)cc1)N1CCCCC1C(F)(F)F. The lowest BCUT2D eigenvalue weighted by atomic mass is 10.0. The van der Waals surface area contributed by atoms with Crippen LogP contribution in [-0.2, 0) is 0 Å². The molecule has 3 rings (SSSR count). The number of carbonyl (C=O) groups excluding carboxylic acids is 1. The van der Waals surface area contributed by atoms with Gasteiger partial charge in [0, 0.05) is 12.1 Å². The summed E-state index contributed by atoms with van der Waals surface area (Å²) in [5, 5.41) is 0.